The van der Waals surface area contributed by atoms with Gasteiger partial charge in [0.1, 0.15) is 23.7 Å². The Morgan fingerprint density at radius 1 is 1.06 bits per heavy atom. The number of piperidine rings is 1. The quantitative estimate of drug-likeness (QED) is 0.730. The van der Waals surface area contributed by atoms with Crippen molar-refractivity contribution in [2.24, 2.45) is 0 Å². The van der Waals surface area contributed by atoms with E-state index in [4.69, 9.17) is 18.6 Å². The highest BCUT2D eigenvalue weighted by molar-refractivity contribution is 5.37. The smallest absolute Gasteiger partial charge is 0.297 e. The summed E-state index contributed by atoms with van der Waals surface area (Å²) in [4.78, 5) is 9.07. The highest BCUT2D eigenvalue weighted by Crippen LogP contribution is 2.41. The predicted octanol–water partition coefficient (Wildman–Crippen LogP) is 3.07. The first-order valence-corrected chi connectivity index (χ1v) is 11.6. The Morgan fingerprint density at radius 2 is 1.94 bits per heavy atom. The Hall–Kier alpha value is -2.09. The summed E-state index contributed by atoms with van der Waals surface area (Å²) in [6.07, 6.45) is 7.98. The van der Waals surface area contributed by atoms with E-state index in [1.807, 2.05) is 0 Å². The maximum atomic E-state index is 6.30. The molecule has 4 aliphatic heterocycles. The average Bonchev–Trinajstić information content (AvgIpc) is 3.54. The molecule has 0 saturated carbocycles. The molecule has 7 nitrogen and oxygen atoms in total. The molecule has 4 aliphatic rings. The third-order valence-corrected chi connectivity index (χ3v) is 7.42. The molecule has 0 unspecified atom stereocenters. The van der Waals surface area contributed by atoms with Gasteiger partial charge in [-0.05, 0) is 49.9 Å². The van der Waals surface area contributed by atoms with Crippen LogP contribution in [0.25, 0.3) is 0 Å². The zero-order chi connectivity index (χ0) is 20.7. The molecule has 0 aliphatic carbocycles. The number of oxazole rings is 1. The molecule has 1 aromatic heterocycles. The van der Waals surface area contributed by atoms with Gasteiger partial charge in [-0.15, -0.1) is 0 Å². The SMILES string of the molecule is c1ccc(C2CCN([C@@H]3COC4(C3)CN(c3ncco3)C4)CC2)c(O[C@H]2CCOC2)c1. The van der Waals surface area contributed by atoms with E-state index in [0.717, 1.165) is 58.0 Å². The van der Waals surface area contributed by atoms with Crippen LogP contribution in [0.4, 0.5) is 6.01 Å². The second-order valence-corrected chi connectivity index (χ2v) is 9.47. The first-order valence-electron chi connectivity index (χ1n) is 11.6. The summed E-state index contributed by atoms with van der Waals surface area (Å²) >= 11 is 0. The van der Waals surface area contributed by atoms with Crippen LogP contribution in [0.1, 0.15) is 37.2 Å². The molecular formula is C24H31N3O4. The number of hydrogen-bond acceptors (Lipinski definition) is 7. The van der Waals surface area contributed by atoms with Crippen LogP contribution in [-0.2, 0) is 9.47 Å². The molecule has 4 saturated heterocycles. The fourth-order valence-electron chi connectivity index (χ4n) is 5.72. The Labute approximate surface area is 183 Å². The van der Waals surface area contributed by atoms with Crippen molar-refractivity contribution in [3.05, 3.63) is 42.3 Å². The molecule has 0 bridgehead atoms. The van der Waals surface area contributed by atoms with E-state index in [-0.39, 0.29) is 11.7 Å². The van der Waals surface area contributed by atoms with Gasteiger partial charge < -0.3 is 23.5 Å². The fourth-order valence-corrected chi connectivity index (χ4v) is 5.72. The van der Waals surface area contributed by atoms with Crippen molar-refractivity contribution >= 4 is 6.01 Å². The molecule has 0 N–H and O–H groups in total. The van der Waals surface area contributed by atoms with Crippen molar-refractivity contribution < 1.29 is 18.6 Å². The molecule has 1 aromatic carbocycles. The maximum absolute atomic E-state index is 6.30. The second kappa shape index (κ2) is 8.11. The van der Waals surface area contributed by atoms with Crippen LogP contribution < -0.4 is 9.64 Å². The monoisotopic (exact) mass is 425 g/mol. The van der Waals surface area contributed by atoms with Gasteiger partial charge >= 0.3 is 0 Å². The first-order chi connectivity index (χ1) is 15.3. The van der Waals surface area contributed by atoms with Crippen LogP contribution in [0, 0.1) is 0 Å². The van der Waals surface area contributed by atoms with Gasteiger partial charge in [-0.25, -0.2) is 4.98 Å². The van der Waals surface area contributed by atoms with Gasteiger partial charge in [-0.2, -0.15) is 0 Å². The molecule has 1 spiro atoms. The highest BCUT2D eigenvalue weighted by atomic mass is 16.5. The number of benzene rings is 1. The number of likely N-dealkylation sites (tertiary alicyclic amines) is 1. The van der Waals surface area contributed by atoms with Gasteiger partial charge in [0, 0.05) is 12.5 Å². The van der Waals surface area contributed by atoms with Crippen LogP contribution in [0.15, 0.2) is 41.1 Å². The van der Waals surface area contributed by atoms with Crippen molar-refractivity contribution in [1.29, 1.82) is 0 Å². The van der Waals surface area contributed by atoms with Gasteiger partial charge in [0.05, 0.1) is 39.1 Å². The number of rotatable bonds is 5. The lowest BCUT2D eigenvalue weighted by Crippen LogP contribution is -2.62. The summed E-state index contributed by atoms with van der Waals surface area (Å²) in [5.41, 5.74) is 1.36. The van der Waals surface area contributed by atoms with Crippen LogP contribution in [-0.4, -0.2) is 73.6 Å². The van der Waals surface area contributed by atoms with Crippen LogP contribution in [0.5, 0.6) is 5.75 Å². The van der Waals surface area contributed by atoms with E-state index >= 15 is 0 Å². The lowest BCUT2D eigenvalue weighted by atomic mass is 9.86. The summed E-state index contributed by atoms with van der Waals surface area (Å²) in [6.45, 7) is 6.38. The first kappa shape index (κ1) is 19.6. The average molecular weight is 426 g/mol. The van der Waals surface area contributed by atoms with Crippen molar-refractivity contribution in [1.82, 2.24) is 9.88 Å². The molecule has 0 radical (unpaired) electrons. The zero-order valence-corrected chi connectivity index (χ0v) is 17.9. The number of hydrogen-bond donors (Lipinski definition) is 0. The summed E-state index contributed by atoms with van der Waals surface area (Å²) in [5, 5.41) is 0. The topological polar surface area (TPSA) is 60.2 Å². The van der Waals surface area contributed by atoms with E-state index in [0.29, 0.717) is 24.6 Å². The number of ether oxygens (including phenoxy) is 3. The largest absolute Gasteiger partial charge is 0.488 e. The van der Waals surface area contributed by atoms with Crippen LogP contribution in [0.3, 0.4) is 0 Å². The van der Waals surface area contributed by atoms with Crippen LogP contribution in [0.2, 0.25) is 0 Å². The lowest BCUT2D eigenvalue weighted by molar-refractivity contribution is -0.0215. The van der Waals surface area contributed by atoms with Crippen molar-refractivity contribution in [3.63, 3.8) is 0 Å². The maximum Gasteiger partial charge on any atom is 0.297 e. The molecular weight excluding hydrogens is 394 g/mol. The van der Waals surface area contributed by atoms with Crippen LogP contribution >= 0.6 is 0 Å². The normalized spacial score (nSPS) is 28.8. The molecule has 4 fully saturated rings. The van der Waals surface area contributed by atoms with Crippen molar-refractivity contribution in [3.8, 4) is 5.75 Å². The van der Waals surface area contributed by atoms with E-state index < -0.39 is 0 Å². The number of nitrogens with zero attached hydrogens (tertiary/aromatic N) is 3. The van der Waals surface area contributed by atoms with Crippen molar-refractivity contribution in [2.45, 2.75) is 49.3 Å². The standard InChI is InChI=1S/C24H31N3O4/c1-2-4-22(31-20-7-11-28-15-20)21(3-1)18-5-9-26(10-6-18)19-13-24(30-14-19)16-27(17-24)23-25-8-12-29-23/h1-4,8,12,18-20H,5-7,9-11,13-17H2/t19-,20-/m0/s1. The van der Waals surface area contributed by atoms with Crippen molar-refractivity contribution in [2.75, 3.05) is 50.9 Å². The van der Waals surface area contributed by atoms with Gasteiger partial charge in [-0.1, -0.05) is 18.2 Å². The molecule has 2 atom stereocenters. The second-order valence-electron chi connectivity index (χ2n) is 9.47. The predicted molar refractivity (Wildman–Crippen MR) is 116 cm³/mol. The minimum Gasteiger partial charge on any atom is -0.488 e. The molecule has 5 heterocycles. The summed E-state index contributed by atoms with van der Waals surface area (Å²) in [6, 6.07) is 9.85. The van der Waals surface area contributed by atoms with Gasteiger partial charge in [0.25, 0.3) is 6.01 Å². The van der Waals surface area contributed by atoms with Gasteiger partial charge in [-0.3, -0.25) is 4.90 Å². The number of aromatic nitrogens is 1. The number of para-hydroxylation sites is 1. The minimum absolute atomic E-state index is 0.0141. The van der Waals surface area contributed by atoms with E-state index in [1.54, 1.807) is 12.5 Å². The Kier molecular flexibility index (Phi) is 5.13. The summed E-state index contributed by atoms with van der Waals surface area (Å²) in [5.74, 6) is 1.62. The van der Waals surface area contributed by atoms with Gasteiger partial charge in [0.2, 0.25) is 0 Å². The highest BCUT2D eigenvalue weighted by Gasteiger charge is 2.52. The molecule has 0 amide bonds. The molecule has 166 valence electrons. The molecule has 2 aromatic rings. The third-order valence-electron chi connectivity index (χ3n) is 7.42. The summed E-state index contributed by atoms with van der Waals surface area (Å²) < 4.78 is 23.5. The Morgan fingerprint density at radius 3 is 2.71 bits per heavy atom. The molecule has 6 rings (SSSR count). The Balaban J connectivity index is 1.04. The summed E-state index contributed by atoms with van der Waals surface area (Å²) in [7, 11) is 0. The fraction of sp³-hybridized carbons (Fsp3) is 0.625. The third kappa shape index (κ3) is 3.83. The zero-order valence-electron chi connectivity index (χ0n) is 17.9. The lowest BCUT2D eigenvalue weighted by Gasteiger charge is -2.46. The Bertz CT molecular complexity index is 869. The van der Waals surface area contributed by atoms with E-state index in [1.165, 1.54) is 18.4 Å². The molecule has 7 heteroatoms. The van der Waals surface area contributed by atoms with E-state index in [2.05, 4.69) is 39.0 Å². The van der Waals surface area contributed by atoms with E-state index in [9.17, 15) is 0 Å². The molecule has 31 heavy (non-hydrogen) atoms. The minimum atomic E-state index is -0.0141. The van der Waals surface area contributed by atoms with Gasteiger partial charge in [0.15, 0.2) is 0 Å². The number of anilines is 1.